The van der Waals surface area contributed by atoms with Crippen LogP contribution in [0.1, 0.15) is 82.4 Å². The Balaban J connectivity index is 0.597. The molecule has 2 saturated heterocycles. The average Bonchev–Trinajstić information content (AvgIpc) is 2.33. The Morgan fingerprint density at radius 3 is 1.33 bits per heavy atom. The fourth-order valence-corrected chi connectivity index (χ4v) is 15.3. The van der Waals surface area contributed by atoms with Crippen LogP contribution in [0.25, 0.3) is 0 Å². The quantitative estimate of drug-likeness (QED) is 0.0380. The van der Waals surface area contributed by atoms with Gasteiger partial charge in [0.15, 0.2) is 0 Å². The van der Waals surface area contributed by atoms with Crippen LogP contribution in [0.5, 0.6) is 11.5 Å². The molecular weight excluding hydrogens is 1210 g/mol. The van der Waals surface area contributed by atoms with Gasteiger partial charge >= 0.3 is 12.1 Å². The van der Waals surface area contributed by atoms with Gasteiger partial charge in [0.1, 0.15) is 23.7 Å². The van der Waals surface area contributed by atoms with Crippen LogP contribution in [0, 0.1) is 48.3 Å². The van der Waals surface area contributed by atoms with Crippen LogP contribution in [0.2, 0.25) is 10.0 Å². The Morgan fingerprint density at radius 1 is 0.568 bits per heavy atom. The molecule has 4 aromatic rings. The zero-order valence-corrected chi connectivity index (χ0v) is 54.1. The minimum absolute atomic E-state index is 0.0364. The second-order valence-electron chi connectivity index (χ2n) is 23.2. The van der Waals surface area contributed by atoms with Crippen molar-refractivity contribution in [3.8, 4) is 23.6 Å². The Kier molecular flexibility index (Phi) is 24.6. The van der Waals surface area contributed by atoms with Gasteiger partial charge in [0.2, 0.25) is 20.0 Å². The number of likely N-dealkylation sites (N-methyl/N-ethyl adjacent to an activating group) is 2. The molecule has 4 N–H and O–H groups in total. The molecule has 88 heavy (non-hydrogen) atoms. The number of unbranched alkanes of at least 4 members (excludes halogenated alkanes) is 1. The lowest BCUT2D eigenvalue weighted by Gasteiger charge is -2.28. The summed E-state index contributed by atoms with van der Waals surface area (Å²) in [4.78, 5) is 29.0. The van der Waals surface area contributed by atoms with Crippen molar-refractivity contribution in [3.63, 3.8) is 0 Å². The molecule has 26 heteroatoms. The molecule has 0 saturated carbocycles. The van der Waals surface area contributed by atoms with Gasteiger partial charge in [-0.2, -0.15) is 19.1 Å². The number of ether oxygens (including phenoxy) is 6. The number of sulfonamides is 2. The summed E-state index contributed by atoms with van der Waals surface area (Å²) in [6.07, 6.45) is 3.13. The van der Waals surface area contributed by atoms with E-state index >= 15 is 0 Å². The number of hydrogen-bond donors (Lipinski definition) is 4. The molecule has 8 rings (SSSR count). The highest BCUT2D eigenvalue weighted by molar-refractivity contribution is 7.89. The van der Waals surface area contributed by atoms with Crippen molar-refractivity contribution >= 4 is 55.3 Å². The third kappa shape index (κ3) is 17.6. The van der Waals surface area contributed by atoms with Crippen molar-refractivity contribution in [2.75, 3.05) is 133 Å². The fraction of sp³-hybridized carbons (Fsp3) is 0.548. The van der Waals surface area contributed by atoms with Crippen LogP contribution >= 0.6 is 23.2 Å². The number of benzene rings is 4. The Labute approximate surface area is 528 Å². The lowest BCUT2D eigenvalue weighted by atomic mass is 10.0. The first-order valence-corrected chi connectivity index (χ1v) is 33.5. The Bertz CT molecular complexity index is 3180. The van der Waals surface area contributed by atoms with Gasteiger partial charge in [0.25, 0.3) is 0 Å². The number of nitrogens with one attached hydrogen (secondary N) is 4. The molecule has 0 bridgehead atoms. The fourth-order valence-electron chi connectivity index (χ4n) is 11.6. The predicted octanol–water partition coefficient (Wildman–Crippen LogP) is 6.73. The van der Waals surface area contributed by atoms with E-state index in [0.29, 0.717) is 188 Å². The summed E-state index contributed by atoms with van der Waals surface area (Å²) in [5.74, 6) is 1.19. The number of halogens is 2. The summed E-state index contributed by atoms with van der Waals surface area (Å²) >= 11 is 12.8. The zero-order valence-electron chi connectivity index (χ0n) is 50.9. The normalized spacial score (nSPS) is 20.2. The van der Waals surface area contributed by atoms with Crippen molar-refractivity contribution in [1.29, 1.82) is 10.5 Å². The summed E-state index contributed by atoms with van der Waals surface area (Å²) in [5.41, 5.74) is 5.98. The van der Waals surface area contributed by atoms with E-state index in [9.17, 15) is 36.9 Å². The molecule has 22 nitrogen and oxygen atoms in total. The van der Waals surface area contributed by atoms with Gasteiger partial charge in [-0.3, -0.25) is 0 Å². The van der Waals surface area contributed by atoms with Crippen molar-refractivity contribution in [1.82, 2.24) is 39.7 Å². The minimum atomic E-state index is -3.76. The average molecular weight is 1290 g/mol. The van der Waals surface area contributed by atoms with E-state index in [-0.39, 0.29) is 45.8 Å². The van der Waals surface area contributed by atoms with E-state index in [2.05, 4.69) is 43.2 Å². The highest BCUT2D eigenvalue weighted by Gasteiger charge is 2.41. The molecule has 4 aliphatic rings. The Hall–Kier alpha value is -5.84. The number of amides is 4. The van der Waals surface area contributed by atoms with Crippen LogP contribution < -0.4 is 30.7 Å². The number of nitrogens with zero attached hydrogens (tertiary/aromatic N) is 6. The number of hydrogen-bond acceptors (Lipinski definition) is 16. The molecule has 2 aliphatic carbocycles. The maximum atomic E-state index is 13.7. The molecule has 2 aliphatic heterocycles. The zero-order chi connectivity index (χ0) is 63.1. The number of carbonyl (C=O) groups is 2. The lowest BCUT2D eigenvalue weighted by molar-refractivity contribution is 0.0366. The third-order valence-corrected chi connectivity index (χ3v) is 20.6. The van der Waals surface area contributed by atoms with Gasteiger partial charge < -0.3 is 59.5 Å². The van der Waals surface area contributed by atoms with E-state index in [4.69, 9.17) is 51.6 Å². The molecule has 478 valence electrons. The number of fused-ring (bicyclic) bond motifs is 2. The molecule has 0 spiro atoms. The van der Waals surface area contributed by atoms with E-state index < -0.39 is 32.3 Å². The topological polar surface area (TPSA) is 266 Å². The number of urea groups is 2. The van der Waals surface area contributed by atoms with Crippen molar-refractivity contribution in [2.24, 2.45) is 11.8 Å². The maximum absolute atomic E-state index is 13.7. The summed E-state index contributed by atoms with van der Waals surface area (Å²) in [6, 6.07) is 20.7. The molecule has 2 heterocycles. The first kappa shape index (κ1) is 68.1. The first-order chi connectivity index (χ1) is 42.2. The highest BCUT2D eigenvalue weighted by Crippen LogP contribution is 2.43. The molecular formula is C62H82Cl2N10O12S2. The van der Waals surface area contributed by atoms with Gasteiger partial charge in [-0.25, -0.2) is 26.4 Å². The molecule has 4 amide bonds. The largest absolute Gasteiger partial charge is 0.484 e. The first-order valence-electron chi connectivity index (χ1n) is 29.8. The van der Waals surface area contributed by atoms with E-state index in [0.717, 1.165) is 22.3 Å². The van der Waals surface area contributed by atoms with Crippen molar-refractivity contribution < 1.29 is 54.8 Å². The lowest BCUT2D eigenvalue weighted by Crippen LogP contribution is -2.39. The van der Waals surface area contributed by atoms with Crippen LogP contribution in [-0.4, -0.2) is 193 Å². The monoisotopic (exact) mass is 1290 g/mol. The molecule has 0 aromatic heterocycles. The summed E-state index contributed by atoms with van der Waals surface area (Å²) in [7, 11) is 0.342. The molecule has 2 fully saturated rings. The van der Waals surface area contributed by atoms with E-state index in [1.165, 1.54) is 8.61 Å². The van der Waals surface area contributed by atoms with Crippen LogP contribution in [0.15, 0.2) is 70.5 Å². The number of nitriles is 2. The van der Waals surface area contributed by atoms with Gasteiger partial charge in [0.05, 0.1) is 98.0 Å². The van der Waals surface area contributed by atoms with Gasteiger partial charge in [-0.1, -0.05) is 23.2 Å². The summed E-state index contributed by atoms with van der Waals surface area (Å²) in [6.45, 7) is 9.25. The van der Waals surface area contributed by atoms with Crippen molar-refractivity contribution in [2.45, 2.75) is 86.5 Å². The van der Waals surface area contributed by atoms with Crippen LogP contribution in [0.4, 0.5) is 9.59 Å². The number of carbonyl (C=O) groups excluding carboxylic acids is 2. The van der Waals surface area contributed by atoms with Gasteiger partial charge in [-0.05, 0) is 186 Å². The highest BCUT2D eigenvalue weighted by atomic mass is 35.5. The maximum Gasteiger partial charge on any atom is 0.314 e. The van der Waals surface area contributed by atoms with E-state index in [1.54, 1.807) is 48.5 Å². The molecule has 0 unspecified atom stereocenters. The predicted molar refractivity (Wildman–Crippen MR) is 333 cm³/mol. The van der Waals surface area contributed by atoms with Crippen LogP contribution in [0.3, 0.4) is 0 Å². The summed E-state index contributed by atoms with van der Waals surface area (Å²) < 4.78 is 93.9. The number of aryl methyl sites for hydroxylation is 2. The van der Waals surface area contributed by atoms with Crippen LogP contribution in [-0.2, 0) is 51.8 Å². The smallest absolute Gasteiger partial charge is 0.314 e. The second-order valence-corrected chi connectivity index (χ2v) is 27.9. The molecule has 6 atom stereocenters. The standard InChI is InChI=1S/C62H82Cl2N10O12S2/c1-41-27-49(9-11-57(41)85-59-53-31-47(63)29-45(35-65)51(53)33-55(59)71(3)4)87(77,78)73-19-13-43(37-73)39-83-25-23-81-21-17-69-61(75)67-15-7-8-16-68-62(76)70-18-22-82-24-26-84-40-44-14-20-74(38-44)88(79,80)50-10-12-58(42(2)28-50)86-60-54-32-48(64)30-46(36-66)52(54)34-56(60)72(5)6/h9-12,27-32,43-44,55-56,59-60H,7-8,13-26,33-34,37-40H2,1-6H3,(H2,67,69,75)(H2,68,70,76)/t43-,44-,55+,56+,59+,60+/m1/s1. The second kappa shape index (κ2) is 31.8. The Morgan fingerprint density at radius 2 is 0.955 bits per heavy atom. The molecule has 0 radical (unpaired) electrons. The minimum Gasteiger partial charge on any atom is -0.484 e. The van der Waals surface area contributed by atoms with E-state index in [1.807, 2.05) is 54.2 Å². The SMILES string of the molecule is Cc1cc(S(=O)(=O)N2CC[C@@H](COCCOCCNC(=O)NCCCCNC(=O)NCCOCCOC[C@@H]3CCN(S(=O)(=O)c4ccc(O[C@H]5c6cc(Cl)cc(C#N)c6C[C@@H]5N(C)C)c(C)c4)C3)C2)ccc1O[C@H]1c2cc(Cl)cc(C#N)c2C[C@@H]1N(C)C. The van der Waals surface area contributed by atoms with Gasteiger partial charge in [0, 0.05) is 62.4 Å². The van der Waals surface area contributed by atoms with Gasteiger partial charge in [-0.15, -0.1) is 0 Å². The van der Waals surface area contributed by atoms with Crippen molar-refractivity contribution in [3.05, 3.63) is 115 Å². The summed E-state index contributed by atoms with van der Waals surface area (Å²) in [5, 5.41) is 31.5. The third-order valence-electron chi connectivity index (χ3n) is 16.5. The molecule has 4 aromatic carbocycles. The number of rotatable bonds is 31.